The Morgan fingerprint density at radius 2 is 1.74 bits per heavy atom. The normalized spacial score (nSPS) is 21.7. The predicted molar refractivity (Wildman–Crippen MR) is 133 cm³/mol. The molecule has 1 saturated heterocycles. The van der Waals surface area contributed by atoms with E-state index < -0.39 is 11.6 Å². The van der Waals surface area contributed by atoms with E-state index in [-0.39, 0.29) is 36.7 Å². The van der Waals surface area contributed by atoms with Gasteiger partial charge in [-0.25, -0.2) is 0 Å². The quantitative estimate of drug-likeness (QED) is 0.427. The molecule has 196 valence electrons. The van der Waals surface area contributed by atoms with E-state index >= 15 is 0 Å². The maximum absolute atomic E-state index is 13.1. The molecule has 9 heteroatoms. The average Bonchev–Trinajstić information content (AvgIpc) is 3.62. The molecule has 1 aromatic carbocycles. The number of amides is 1. The fraction of sp³-hybridized carbons (Fsp3) is 0.692. The van der Waals surface area contributed by atoms with Crippen LogP contribution in [-0.2, 0) is 27.2 Å². The van der Waals surface area contributed by atoms with Crippen LogP contribution in [-0.4, -0.2) is 77.1 Å². The summed E-state index contributed by atoms with van der Waals surface area (Å²) in [7, 11) is 8.75. The summed E-state index contributed by atoms with van der Waals surface area (Å²) in [6, 6.07) is -0.671. The summed E-state index contributed by atoms with van der Waals surface area (Å²) in [4.78, 5) is 28.0. The lowest BCUT2D eigenvalue weighted by atomic mass is 9.80. The number of rotatable bonds is 12. The van der Waals surface area contributed by atoms with Crippen molar-refractivity contribution in [1.82, 2.24) is 5.32 Å². The van der Waals surface area contributed by atoms with Crippen LogP contribution in [0.1, 0.15) is 44.2 Å². The molecule has 2 N–H and O–H groups in total. The van der Waals surface area contributed by atoms with Crippen LogP contribution >= 0.6 is 0 Å². The Balaban J connectivity index is 1.81. The minimum atomic E-state index is -1.15. The van der Waals surface area contributed by atoms with Gasteiger partial charge in [-0.05, 0) is 43.1 Å². The van der Waals surface area contributed by atoms with Gasteiger partial charge in [-0.15, -0.1) is 0 Å². The highest BCUT2D eigenvalue weighted by Gasteiger charge is 2.54. The van der Waals surface area contributed by atoms with E-state index in [1.54, 1.807) is 21.3 Å². The topological polar surface area (TPSA) is 110 Å². The van der Waals surface area contributed by atoms with Gasteiger partial charge in [-0.3, -0.25) is 9.59 Å². The Morgan fingerprint density at radius 3 is 2.23 bits per heavy atom. The molecule has 1 amide bonds. The van der Waals surface area contributed by atoms with Crippen LogP contribution in [0.25, 0.3) is 0 Å². The number of fused-ring (bicyclic) bond motifs is 1. The van der Waals surface area contributed by atoms with E-state index in [0.29, 0.717) is 36.5 Å². The zero-order valence-electron chi connectivity index (χ0n) is 22.0. The molecular weight excluding hydrogens is 452 g/mol. The van der Waals surface area contributed by atoms with Gasteiger partial charge in [0.15, 0.2) is 22.9 Å². The van der Waals surface area contributed by atoms with Gasteiger partial charge in [0.05, 0.1) is 46.3 Å². The molecule has 0 aromatic heterocycles. The molecule has 3 rings (SSSR count). The van der Waals surface area contributed by atoms with Gasteiger partial charge in [0.2, 0.25) is 11.7 Å². The zero-order chi connectivity index (χ0) is 25.9. The number of nitrogens with zero attached hydrogens (tertiary/aromatic N) is 1. The number of hydrogen-bond donors (Lipinski definition) is 2. The summed E-state index contributed by atoms with van der Waals surface area (Å²) in [5.41, 5.74) is 1.95. The summed E-state index contributed by atoms with van der Waals surface area (Å²) in [6.45, 7) is 3.84. The number of hydrogen-bond acceptors (Lipinski definition) is 8. The lowest BCUT2D eigenvalue weighted by Gasteiger charge is -2.32. The smallest absolute Gasteiger partial charge is 0.220 e. The molecule has 0 bridgehead atoms. The first-order valence-electron chi connectivity index (χ1n) is 12.2. The molecule has 2 aliphatic rings. The van der Waals surface area contributed by atoms with Crippen LogP contribution in [0.4, 0.5) is 5.69 Å². The van der Waals surface area contributed by atoms with Crippen LogP contribution in [0.15, 0.2) is 0 Å². The highest BCUT2D eigenvalue weighted by atomic mass is 16.6. The van der Waals surface area contributed by atoms with Gasteiger partial charge in [-0.2, -0.15) is 0 Å². The molecule has 0 saturated carbocycles. The van der Waals surface area contributed by atoms with Gasteiger partial charge in [0.25, 0.3) is 0 Å². The number of aliphatic hydroxyl groups excluding tert-OH is 1. The number of ether oxygens (including phenoxy) is 4. The number of epoxide rings is 1. The number of anilines is 1. The highest BCUT2D eigenvalue weighted by molar-refractivity contribution is 5.97. The predicted octanol–water partition coefficient (Wildman–Crippen LogP) is 2.13. The Bertz CT molecular complexity index is 940. The van der Waals surface area contributed by atoms with Crippen molar-refractivity contribution in [1.29, 1.82) is 0 Å². The fourth-order valence-corrected chi connectivity index (χ4v) is 5.16. The molecule has 35 heavy (non-hydrogen) atoms. The van der Waals surface area contributed by atoms with Crippen LogP contribution in [0, 0.1) is 11.8 Å². The largest absolute Gasteiger partial charge is 0.492 e. The second kappa shape index (κ2) is 11.0. The van der Waals surface area contributed by atoms with Crippen molar-refractivity contribution in [3.8, 4) is 17.2 Å². The number of ketones is 1. The van der Waals surface area contributed by atoms with E-state index in [2.05, 4.69) is 5.32 Å². The lowest BCUT2D eigenvalue weighted by Crippen LogP contribution is -2.49. The van der Waals surface area contributed by atoms with Crippen molar-refractivity contribution in [3.05, 3.63) is 11.1 Å². The standard InChI is InChI=1S/C26H40N2O7/c1-15(2)10-19(25(31)26(13-29)14-35-26)27-20(30)12-16-8-9-17-18(11-16)21(28(3)4)23(33-6)24(34-7)22(17)32-5/h15-16,19,29H,8-14H2,1-7H3,(H,27,30). The van der Waals surface area contributed by atoms with Crippen LogP contribution < -0.4 is 24.4 Å². The van der Waals surface area contributed by atoms with Crippen LogP contribution in [0.3, 0.4) is 0 Å². The molecule has 1 aromatic rings. The summed E-state index contributed by atoms with van der Waals surface area (Å²) in [5.74, 6) is 1.76. The third kappa shape index (κ3) is 5.51. The van der Waals surface area contributed by atoms with E-state index in [1.807, 2.05) is 32.8 Å². The van der Waals surface area contributed by atoms with Gasteiger partial charge < -0.3 is 34.3 Å². The average molecular weight is 493 g/mol. The maximum atomic E-state index is 13.1. The van der Waals surface area contributed by atoms with Gasteiger partial charge in [0.1, 0.15) is 0 Å². The summed E-state index contributed by atoms with van der Waals surface area (Å²) < 4.78 is 22.3. The second-order valence-electron chi connectivity index (χ2n) is 10.2. The van der Waals surface area contributed by atoms with Gasteiger partial charge >= 0.3 is 0 Å². The van der Waals surface area contributed by atoms with Crippen molar-refractivity contribution in [2.24, 2.45) is 11.8 Å². The zero-order valence-corrected chi connectivity index (χ0v) is 22.0. The molecule has 9 nitrogen and oxygen atoms in total. The Labute approximate surface area is 208 Å². The van der Waals surface area contributed by atoms with Gasteiger partial charge in [-0.1, -0.05) is 13.8 Å². The third-order valence-corrected chi connectivity index (χ3v) is 6.94. The van der Waals surface area contributed by atoms with E-state index in [4.69, 9.17) is 18.9 Å². The Morgan fingerprint density at radius 1 is 1.11 bits per heavy atom. The first-order chi connectivity index (χ1) is 16.6. The van der Waals surface area contributed by atoms with Gasteiger partial charge in [0, 0.05) is 26.1 Å². The minimum Gasteiger partial charge on any atom is -0.492 e. The van der Waals surface area contributed by atoms with Crippen molar-refractivity contribution >= 4 is 17.4 Å². The summed E-state index contributed by atoms with van der Waals surface area (Å²) >= 11 is 0. The Hall–Kier alpha value is -2.52. The van der Waals surface area contributed by atoms with Crippen molar-refractivity contribution in [2.75, 3.05) is 53.5 Å². The molecular formula is C26H40N2O7. The first kappa shape index (κ1) is 27.1. The molecule has 1 aliphatic heterocycles. The fourth-order valence-electron chi connectivity index (χ4n) is 5.16. The number of nitrogens with one attached hydrogen (secondary N) is 1. The molecule has 0 spiro atoms. The van der Waals surface area contributed by atoms with E-state index in [0.717, 1.165) is 29.7 Å². The SMILES string of the molecule is COc1c2c(c(N(C)C)c(OC)c1OC)CC(CC(=O)NC(CC(C)C)C(=O)C1(CO)CO1)CC2. The Kier molecular flexibility index (Phi) is 8.54. The lowest BCUT2D eigenvalue weighted by molar-refractivity contribution is -0.132. The molecule has 3 atom stereocenters. The second-order valence-corrected chi connectivity index (χ2v) is 10.2. The highest BCUT2D eigenvalue weighted by Crippen LogP contribution is 2.52. The number of carbonyl (C=O) groups is 2. The first-order valence-corrected chi connectivity index (χ1v) is 12.2. The summed E-state index contributed by atoms with van der Waals surface area (Å²) in [6.07, 6.45) is 3.04. The third-order valence-electron chi connectivity index (χ3n) is 6.94. The molecule has 1 fully saturated rings. The van der Waals surface area contributed by atoms with E-state index in [1.165, 1.54) is 0 Å². The van der Waals surface area contributed by atoms with Crippen molar-refractivity contribution < 1.29 is 33.6 Å². The minimum absolute atomic E-state index is 0.0998. The van der Waals surface area contributed by atoms with Crippen molar-refractivity contribution in [3.63, 3.8) is 0 Å². The van der Waals surface area contributed by atoms with E-state index in [9.17, 15) is 14.7 Å². The number of aliphatic hydroxyl groups is 1. The molecule has 1 heterocycles. The number of carbonyl (C=O) groups excluding carboxylic acids is 2. The molecule has 1 aliphatic carbocycles. The summed E-state index contributed by atoms with van der Waals surface area (Å²) in [5, 5.41) is 12.5. The molecule has 3 unspecified atom stereocenters. The number of Topliss-reactive ketones (excluding diaryl/α,β-unsaturated/α-hetero) is 1. The maximum Gasteiger partial charge on any atom is 0.220 e. The van der Waals surface area contributed by atoms with Crippen molar-refractivity contribution in [2.45, 2.75) is 57.6 Å². The monoisotopic (exact) mass is 492 g/mol. The number of benzene rings is 1. The molecule has 0 radical (unpaired) electrons. The van der Waals surface area contributed by atoms with Crippen LogP contribution in [0.5, 0.6) is 17.2 Å². The number of methoxy groups -OCH3 is 3. The van der Waals surface area contributed by atoms with Crippen LogP contribution in [0.2, 0.25) is 0 Å².